The van der Waals surface area contributed by atoms with Gasteiger partial charge < -0.3 is 20.3 Å². The van der Waals surface area contributed by atoms with E-state index in [1.54, 1.807) is 7.11 Å². The fourth-order valence-corrected chi connectivity index (χ4v) is 3.96. The molecule has 0 saturated carbocycles. The maximum absolute atomic E-state index is 5.53. The summed E-state index contributed by atoms with van der Waals surface area (Å²) < 4.78 is 5.53. The van der Waals surface area contributed by atoms with Crippen LogP contribution >= 0.6 is 24.0 Å². The number of methoxy groups -OCH3 is 1. The van der Waals surface area contributed by atoms with Crippen molar-refractivity contribution in [3.8, 4) is 5.75 Å². The van der Waals surface area contributed by atoms with E-state index in [-0.39, 0.29) is 24.0 Å². The Balaban J connectivity index is 0.00000272. The highest BCUT2D eigenvalue weighted by atomic mass is 127. The van der Waals surface area contributed by atoms with Crippen LogP contribution < -0.4 is 20.3 Å². The lowest BCUT2D eigenvalue weighted by molar-refractivity contribution is 0.415. The van der Waals surface area contributed by atoms with E-state index in [4.69, 9.17) is 9.73 Å². The number of anilines is 1. The van der Waals surface area contributed by atoms with Crippen LogP contribution in [0.15, 0.2) is 65.8 Å². The van der Waals surface area contributed by atoms with Crippen molar-refractivity contribution in [3.05, 3.63) is 66.4 Å². The molecule has 0 spiro atoms. The highest BCUT2D eigenvalue weighted by Gasteiger charge is 2.25. The summed E-state index contributed by atoms with van der Waals surface area (Å²) in [5.41, 5.74) is 3.29. The molecule has 1 saturated heterocycles. The van der Waals surface area contributed by atoms with E-state index in [9.17, 15) is 0 Å². The highest BCUT2D eigenvalue weighted by Crippen LogP contribution is 2.30. The largest absolute Gasteiger partial charge is 0.495 e. The van der Waals surface area contributed by atoms with Crippen LogP contribution in [-0.2, 0) is 6.54 Å². The van der Waals surface area contributed by atoms with E-state index in [1.807, 2.05) is 24.4 Å². The molecule has 0 amide bonds. The monoisotopic (exact) mass is 531 g/mol. The van der Waals surface area contributed by atoms with Crippen LogP contribution in [0.3, 0.4) is 0 Å². The first-order valence-corrected chi connectivity index (χ1v) is 10.5. The maximum atomic E-state index is 5.53. The Morgan fingerprint density at radius 2 is 2.00 bits per heavy atom. The minimum absolute atomic E-state index is 0. The number of ether oxygens (including phenoxy) is 1. The van der Waals surface area contributed by atoms with Crippen LogP contribution in [-0.4, -0.2) is 43.7 Å². The van der Waals surface area contributed by atoms with E-state index in [2.05, 4.69) is 63.8 Å². The number of hydrogen-bond donors (Lipinski definition) is 2. The highest BCUT2D eigenvalue weighted by molar-refractivity contribution is 14.0. The Kier molecular flexibility index (Phi) is 8.34. The summed E-state index contributed by atoms with van der Waals surface area (Å²) >= 11 is 0. The number of halogens is 1. The van der Waals surface area contributed by atoms with Gasteiger partial charge in [0.2, 0.25) is 0 Å². The number of nitrogens with zero attached hydrogens (tertiary/aromatic N) is 3. The number of pyridine rings is 1. The Morgan fingerprint density at radius 3 is 2.84 bits per heavy atom. The van der Waals surface area contributed by atoms with E-state index < -0.39 is 0 Å². The zero-order valence-corrected chi connectivity index (χ0v) is 20.4. The first-order chi connectivity index (χ1) is 14.8. The van der Waals surface area contributed by atoms with Crippen molar-refractivity contribution in [2.45, 2.75) is 25.9 Å². The average molecular weight is 531 g/mol. The molecule has 31 heavy (non-hydrogen) atoms. The molecule has 1 fully saturated rings. The molecule has 2 aromatic carbocycles. The molecule has 0 bridgehead atoms. The van der Waals surface area contributed by atoms with Gasteiger partial charge >= 0.3 is 0 Å². The Morgan fingerprint density at radius 1 is 1.16 bits per heavy atom. The Bertz CT molecular complexity index is 1020. The van der Waals surface area contributed by atoms with Crippen molar-refractivity contribution in [2.75, 3.05) is 31.6 Å². The van der Waals surface area contributed by atoms with Gasteiger partial charge in [0.25, 0.3) is 0 Å². The molecular weight excluding hydrogens is 501 g/mol. The zero-order chi connectivity index (χ0) is 20.8. The maximum Gasteiger partial charge on any atom is 0.191 e. The molecule has 2 N–H and O–H groups in total. The standard InChI is InChI=1S/C24H29N5O.HI/c1-3-25-24(27-16-19-9-6-8-18-10-7-14-26-23(18)19)28-20-13-15-29(17-20)21-11-4-5-12-22(21)30-2;/h4-12,14,20H,3,13,15-17H2,1-2H3,(H2,25,27,28);1H. The van der Waals surface area contributed by atoms with Crippen LogP contribution in [0.4, 0.5) is 5.69 Å². The van der Waals surface area contributed by atoms with E-state index in [0.29, 0.717) is 12.6 Å². The molecule has 1 aliphatic heterocycles. The Hall–Kier alpha value is -2.55. The Labute approximate surface area is 201 Å². The number of rotatable bonds is 6. The van der Waals surface area contributed by atoms with Crippen molar-refractivity contribution in [1.29, 1.82) is 0 Å². The van der Waals surface area contributed by atoms with Crippen molar-refractivity contribution in [1.82, 2.24) is 15.6 Å². The predicted octanol–water partition coefficient (Wildman–Crippen LogP) is 4.20. The van der Waals surface area contributed by atoms with Gasteiger partial charge in [-0.1, -0.05) is 36.4 Å². The molecule has 4 rings (SSSR count). The molecule has 6 nitrogen and oxygen atoms in total. The van der Waals surface area contributed by atoms with Crippen LogP contribution in [0.25, 0.3) is 10.9 Å². The molecule has 0 radical (unpaired) electrons. The summed E-state index contributed by atoms with van der Waals surface area (Å²) in [7, 11) is 1.72. The normalized spacial score (nSPS) is 16.1. The second kappa shape index (κ2) is 11.2. The molecule has 1 aromatic heterocycles. The predicted molar refractivity (Wildman–Crippen MR) is 139 cm³/mol. The smallest absolute Gasteiger partial charge is 0.191 e. The number of guanidine groups is 1. The van der Waals surface area contributed by atoms with Crippen molar-refractivity contribution < 1.29 is 4.74 Å². The van der Waals surface area contributed by atoms with Crippen molar-refractivity contribution >= 4 is 46.5 Å². The SMILES string of the molecule is CCNC(=NCc1cccc2cccnc12)NC1CCN(c2ccccc2OC)C1.I. The lowest BCUT2D eigenvalue weighted by Gasteiger charge is -2.22. The van der Waals surface area contributed by atoms with Gasteiger partial charge in [0, 0.05) is 37.3 Å². The second-order valence-corrected chi connectivity index (χ2v) is 7.44. The quantitative estimate of drug-likeness (QED) is 0.284. The number of nitrogens with one attached hydrogen (secondary N) is 2. The van der Waals surface area contributed by atoms with Crippen LogP contribution in [0, 0.1) is 0 Å². The van der Waals surface area contributed by atoms with Crippen LogP contribution in [0.2, 0.25) is 0 Å². The summed E-state index contributed by atoms with van der Waals surface area (Å²) in [4.78, 5) is 11.7. The fourth-order valence-electron chi connectivity index (χ4n) is 3.96. The van der Waals surface area contributed by atoms with Gasteiger partial charge in [0.15, 0.2) is 5.96 Å². The minimum Gasteiger partial charge on any atom is -0.495 e. The number of para-hydroxylation sites is 3. The number of benzene rings is 2. The summed E-state index contributed by atoms with van der Waals surface area (Å²) in [6.45, 7) is 5.41. The third-order valence-electron chi connectivity index (χ3n) is 5.42. The molecule has 7 heteroatoms. The van der Waals surface area contributed by atoms with Gasteiger partial charge in [-0.2, -0.15) is 0 Å². The topological polar surface area (TPSA) is 61.8 Å². The van der Waals surface area contributed by atoms with Gasteiger partial charge in [-0.15, -0.1) is 24.0 Å². The summed E-state index contributed by atoms with van der Waals surface area (Å²) in [6, 6.07) is 18.8. The van der Waals surface area contributed by atoms with E-state index in [0.717, 1.165) is 59.9 Å². The van der Waals surface area contributed by atoms with Gasteiger partial charge in [0.1, 0.15) is 5.75 Å². The number of fused-ring (bicyclic) bond motifs is 1. The molecular formula is C24H30IN5O. The summed E-state index contributed by atoms with van der Waals surface area (Å²) in [6.07, 6.45) is 2.89. The third kappa shape index (κ3) is 5.58. The number of aromatic nitrogens is 1. The average Bonchev–Trinajstić information content (AvgIpc) is 3.26. The number of aliphatic imine (C=N–C) groups is 1. The van der Waals surface area contributed by atoms with Crippen molar-refractivity contribution in [2.24, 2.45) is 4.99 Å². The van der Waals surface area contributed by atoms with E-state index in [1.165, 1.54) is 0 Å². The first-order valence-electron chi connectivity index (χ1n) is 10.5. The minimum atomic E-state index is 0. The summed E-state index contributed by atoms with van der Waals surface area (Å²) in [5.74, 6) is 1.76. The lowest BCUT2D eigenvalue weighted by Crippen LogP contribution is -2.44. The van der Waals surface area contributed by atoms with Gasteiger partial charge in [0.05, 0.1) is 24.9 Å². The molecule has 1 atom stereocenters. The fraction of sp³-hybridized carbons (Fsp3) is 0.333. The van der Waals surface area contributed by atoms with Crippen molar-refractivity contribution in [3.63, 3.8) is 0 Å². The van der Waals surface area contributed by atoms with Gasteiger partial charge in [-0.25, -0.2) is 4.99 Å². The van der Waals surface area contributed by atoms with Crippen LogP contribution in [0.5, 0.6) is 5.75 Å². The van der Waals surface area contributed by atoms with Crippen LogP contribution in [0.1, 0.15) is 18.9 Å². The van der Waals surface area contributed by atoms with Gasteiger partial charge in [-0.05, 0) is 37.1 Å². The van der Waals surface area contributed by atoms with E-state index >= 15 is 0 Å². The van der Waals surface area contributed by atoms with Gasteiger partial charge in [-0.3, -0.25) is 4.98 Å². The zero-order valence-electron chi connectivity index (χ0n) is 18.0. The third-order valence-corrected chi connectivity index (χ3v) is 5.42. The summed E-state index contributed by atoms with van der Waals surface area (Å²) in [5, 5.41) is 8.13. The number of hydrogen-bond acceptors (Lipinski definition) is 4. The second-order valence-electron chi connectivity index (χ2n) is 7.44. The molecule has 0 aliphatic carbocycles. The molecule has 1 unspecified atom stereocenters. The molecule has 164 valence electrons. The molecule has 3 aromatic rings. The molecule has 2 heterocycles. The molecule has 1 aliphatic rings. The lowest BCUT2D eigenvalue weighted by atomic mass is 10.1. The first kappa shape index (κ1) is 23.1.